The monoisotopic (exact) mass is 297 g/mol. The van der Waals surface area contributed by atoms with Gasteiger partial charge in [0.05, 0.1) is 13.2 Å². The molecular formula is C18H23N3O. The van der Waals surface area contributed by atoms with Gasteiger partial charge in [0.2, 0.25) is 0 Å². The van der Waals surface area contributed by atoms with E-state index < -0.39 is 0 Å². The predicted molar refractivity (Wildman–Crippen MR) is 90.5 cm³/mol. The van der Waals surface area contributed by atoms with E-state index in [2.05, 4.69) is 51.6 Å². The molecule has 3 rings (SSSR count). The maximum absolute atomic E-state index is 5.42. The summed E-state index contributed by atoms with van der Waals surface area (Å²) in [5.74, 6) is 0. The third-order valence-corrected chi connectivity index (χ3v) is 3.86. The van der Waals surface area contributed by atoms with Crippen LogP contribution in [-0.2, 0) is 11.3 Å². The largest absolute Gasteiger partial charge is 0.381 e. The summed E-state index contributed by atoms with van der Waals surface area (Å²) in [6.45, 7) is 8.45. The highest BCUT2D eigenvalue weighted by Gasteiger charge is 2.11. The van der Waals surface area contributed by atoms with Crippen molar-refractivity contribution in [3.8, 4) is 0 Å². The fraction of sp³-hybridized carbons (Fsp3) is 0.389. The Kier molecular flexibility index (Phi) is 4.59. The first-order valence-corrected chi connectivity index (χ1v) is 7.81. The fourth-order valence-corrected chi connectivity index (χ4v) is 2.86. The molecule has 4 nitrogen and oxygen atoms in total. The van der Waals surface area contributed by atoms with Gasteiger partial charge in [0.1, 0.15) is 0 Å². The number of hydrogen-bond acceptors (Lipinski definition) is 4. The highest BCUT2D eigenvalue weighted by molar-refractivity contribution is 5.58. The van der Waals surface area contributed by atoms with Crippen molar-refractivity contribution in [2.75, 3.05) is 36.5 Å². The second kappa shape index (κ2) is 6.79. The molecule has 0 amide bonds. The molecule has 0 unspecified atom stereocenters. The summed E-state index contributed by atoms with van der Waals surface area (Å²) in [6, 6.07) is 12.9. The Labute approximate surface area is 132 Å². The van der Waals surface area contributed by atoms with Crippen LogP contribution in [0.25, 0.3) is 0 Å². The number of hydrogen-bond donors (Lipinski definition) is 1. The molecule has 1 aliphatic heterocycles. The Balaban J connectivity index is 1.67. The molecule has 1 aromatic heterocycles. The molecular weight excluding hydrogens is 274 g/mol. The second-order valence-corrected chi connectivity index (χ2v) is 5.76. The minimum atomic E-state index is 0.813. The van der Waals surface area contributed by atoms with E-state index in [1.165, 1.54) is 11.3 Å². The van der Waals surface area contributed by atoms with E-state index in [1.807, 2.05) is 13.8 Å². The molecule has 0 saturated carbocycles. The Hall–Kier alpha value is -2.07. The maximum Gasteiger partial charge on any atom is 0.0642 e. The Bertz CT molecular complexity index is 616. The number of morpholine rings is 1. The zero-order chi connectivity index (χ0) is 15.4. The molecule has 4 heteroatoms. The molecule has 1 N–H and O–H groups in total. The van der Waals surface area contributed by atoms with Crippen LogP contribution >= 0.6 is 0 Å². The number of pyridine rings is 1. The van der Waals surface area contributed by atoms with Crippen molar-refractivity contribution in [2.24, 2.45) is 0 Å². The van der Waals surface area contributed by atoms with E-state index >= 15 is 0 Å². The van der Waals surface area contributed by atoms with Crippen LogP contribution in [0.3, 0.4) is 0 Å². The van der Waals surface area contributed by atoms with Crippen LogP contribution in [0, 0.1) is 13.8 Å². The van der Waals surface area contributed by atoms with Gasteiger partial charge in [-0.15, -0.1) is 0 Å². The molecule has 0 bridgehead atoms. The van der Waals surface area contributed by atoms with E-state index in [4.69, 9.17) is 4.74 Å². The van der Waals surface area contributed by atoms with Gasteiger partial charge in [-0.3, -0.25) is 4.98 Å². The van der Waals surface area contributed by atoms with Crippen molar-refractivity contribution in [1.82, 2.24) is 4.98 Å². The molecule has 1 aromatic carbocycles. The summed E-state index contributed by atoms with van der Waals surface area (Å²) in [7, 11) is 0. The van der Waals surface area contributed by atoms with Crippen LogP contribution in [0.2, 0.25) is 0 Å². The molecule has 2 heterocycles. The Morgan fingerprint density at radius 2 is 1.82 bits per heavy atom. The molecule has 0 aliphatic carbocycles. The molecule has 0 spiro atoms. The highest BCUT2D eigenvalue weighted by atomic mass is 16.5. The highest BCUT2D eigenvalue weighted by Crippen LogP contribution is 2.21. The van der Waals surface area contributed by atoms with Crippen molar-refractivity contribution in [3.05, 3.63) is 53.3 Å². The van der Waals surface area contributed by atoms with Crippen molar-refractivity contribution in [2.45, 2.75) is 20.4 Å². The number of aromatic nitrogens is 1. The number of aryl methyl sites for hydroxylation is 2. The first-order valence-electron chi connectivity index (χ1n) is 7.81. The lowest BCUT2D eigenvalue weighted by molar-refractivity contribution is 0.122. The molecule has 0 atom stereocenters. The van der Waals surface area contributed by atoms with Crippen LogP contribution in [0.15, 0.2) is 36.4 Å². The van der Waals surface area contributed by atoms with Crippen LogP contribution < -0.4 is 10.2 Å². The van der Waals surface area contributed by atoms with E-state index in [0.29, 0.717) is 0 Å². The van der Waals surface area contributed by atoms with Gasteiger partial charge in [0, 0.05) is 42.4 Å². The van der Waals surface area contributed by atoms with Crippen molar-refractivity contribution in [1.29, 1.82) is 0 Å². The molecule has 22 heavy (non-hydrogen) atoms. The van der Waals surface area contributed by atoms with E-state index in [-0.39, 0.29) is 0 Å². The smallest absolute Gasteiger partial charge is 0.0642 e. The number of rotatable bonds is 4. The van der Waals surface area contributed by atoms with Crippen LogP contribution in [0.5, 0.6) is 0 Å². The molecule has 1 fully saturated rings. The summed E-state index contributed by atoms with van der Waals surface area (Å²) < 4.78 is 5.42. The first kappa shape index (κ1) is 14.9. The van der Waals surface area contributed by atoms with Gasteiger partial charge in [0.15, 0.2) is 0 Å². The zero-order valence-corrected chi connectivity index (χ0v) is 13.3. The number of ether oxygens (including phenoxy) is 1. The maximum atomic E-state index is 5.42. The third-order valence-electron chi connectivity index (χ3n) is 3.86. The predicted octanol–water partition coefficient (Wildman–Crippen LogP) is 3.15. The van der Waals surface area contributed by atoms with E-state index in [0.717, 1.165) is 49.9 Å². The number of benzene rings is 1. The van der Waals surface area contributed by atoms with Gasteiger partial charge in [0.25, 0.3) is 0 Å². The third kappa shape index (κ3) is 3.77. The zero-order valence-electron chi connectivity index (χ0n) is 13.3. The number of anilines is 2. The molecule has 1 aliphatic rings. The summed E-state index contributed by atoms with van der Waals surface area (Å²) in [5.41, 5.74) is 5.81. The van der Waals surface area contributed by atoms with Gasteiger partial charge in [-0.1, -0.05) is 6.07 Å². The summed E-state index contributed by atoms with van der Waals surface area (Å²) in [4.78, 5) is 6.79. The first-order chi connectivity index (χ1) is 10.7. The lowest BCUT2D eigenvalue weighted by atomic mass is 10.2. The standard InChI is InChI=1S/C18H23N3O/c1-14-10-16(11-15(2)20-14)13-19-17-4-3-5-18(12-17)21-6-8-22-9-7-21/h3-5,10-12,19H,6-9,13H2,1-2H3. The van der Waals surface area contributed by atoms with Crippen LogP contribution in [0.4, 0.5) is 11.4 Å². The average molecular weight is 297 g/mol. The second-order valence-electron chi connectivity index (χ2n) is 5.76. The Morgan fingerprint density at radius 1 is 1.09 bits per heavy atom. The lowest BCUT2D eigenvalue weighted by Crippen LogP contribution is -2.36. The quantitative estimate of drug-likeness (QED) is 0.940. The van der Waals surface area contributed by atoms with E-state index in [1.54, 1.807) is 0 Å². The summed E-state index contributed by atoms with van der Waals surface area (Å²) >= 11 is 0. The van der Waals surface area contributed by atoms with E-state index in [9.17, 15) is 0 Å². The van der Waals surface area contributed by atoms with Gasteiger partial charge in [-0.2, -0.15) is 0 Å². The topological polar surface area (TPSA) is 37.4 Å². The number of nitrogens with one attached hydrogen (secondary N) is 1. The average Bonchev–Trinajstić information content (AvgIpc) is 2.53. The SMILES string of the molecule is Cc1cc(CNc2cccc(N3CCOCC3)c2)cc(C)n1. The summed E-state index contributed by atoms with van der Waals surface area (Å²) in [6.07, 6.45) is 0. The Morgan fingerprint density at radius 3 is 2.55 bits per heavy atom. The molecule has 2 aromatic rings. The minimum absolute atomic E-state index is 0.813. The van der Waals surface area contributed by atoms with Gasteiger partial charge in [-0.05, 0) is 49.7 Å². The van der Waals surface area contributed by atoms with Crippen molar-refractivity contribution >= 4 is 11.4 Å². The minimum Gasteiger partial charge on any atom is -0.381 e. The van der Waals surface area contributed by atoms with Gasteiger partial charge in [-0.25, -0.2) is 0 Å². The molecule has 1 saturated heterocycles. The molecule has 0 radical (unpaired) electrons. The number of nitrogens with zero attached hydrogens (tertiary/aromatic N) is 2. The fourth-order valence-electron chi connectivity index (χ4n) is 2.86. The lowest BCUT2D eigenvalue weighted by Gasteiger charge is -2.29. The summed E-state index contributed by atoms with van der Waals surface area (Å²) in [5, 5.41) is 3.51. The van der Waals surface area contributed by atoms with Crippen molar-refractivity contribution in [3.63, 3.8) is 0 Å². The normalized spacial score (nSPS) is 14.9. The molecule has 116 valence electrons. The van der Waals surface area contributed by atoms with Crippen LogP contribution in [-0.4, -0.2) is 31.3 Å². The van der Waals surface area contributed by atoms with Crippen molar-refractivity contribution < 1.29 is 4.74 Å². The van der Waals surface area contributed by atoms with Gasteiger partial charge >= 0.3 is 0 Å². The van der Waals surface area contributed by atoms with Crippen LogP contribution in [0.1, 0.15) is 17.0 Å². The van der Waals surface area contributed by atoms with Gasteiger partial charge < -0.3 is 15.0 Å².